The number of carbonyl (C=O) groups excluding carboxylic acids is 1. The van der Waals surface area contributed by atoms with E-state index >= 15 is 0 Å². The lowest BCUT2D eigenvalue weighted by Crippen LogP contribution is -3.15. The molecule has 5 atom stereocenters. The van der Waals surface area contributed by atoms with Gasteiger partial charge in [-0.3, -0.25) is 4.79 Å². The molecule has 3 aromatic rings. The van der Waals surface area contributed by atoms with Crippen molar-refractivity contribution in [3.05, 3.63) is 71.8 Å². The summed E-state index contributed by atoms with van der Waals surface area (Å²) in [7, 11) is 0. The van der Waals surface area contributed by atoms with Crippen molar-refractivity contribution in [1.29, 1.82) is 0 Å². The van der Waals surface area contributed by atoms with E-state index in [-0.39, 0.29) is 5.91 Å². The first-order valence-corrected chi connectivity index (χ1v) is 13.1. The second kappa shape index (κ2) is 9.40. The Morgan fingerprint density at radius 1 is 1.10 bits per heavy atom. The number of hydrogen-bond acceptors (Lipinski definition) is 5. The lowest BCUT2D eigenvalue weighted by atomic mass is 10.1. The zero-order valence-corrected chi connectivity index (χ0v) is 20.1. The number of aromatic nitrogens is 2. The molecule has 1 aliphatic heterocycles. The van der Waals surface area contributed by atoms with Crippen LogP contribution in [-0.2, 0) is 17.8 Å². The predicted octanol–water partition coefficient (Wildman–Crippen LogP) is 3.43. The molecule has 2 heterocycles. The normalized spacial score (nSPS) is 26.8. The Hall–Kier alpha value is -1.74. The molecule has 2 fully saturated rings. The van der Waals surface area contributed by atoms with Crippen LogP contribution in [-0.4, -0.2) is 38.8 Å². The van der Waals surface area contributed by atoms with Crippen LogP contribution >= 0.6 is 39.0 Å². The summed E-state index contributed by atoms with van der Waals surface area (Å²) in [5.41, 5.74) is 2.39. The maximum absolute atomic E-state index is 12.3. The van der Waals surface area contributed by atoms with Crippen molar-refractivity contribution in [2.75, 3.05) is 11.9 Å². The maximum atomic E-state index is 12.3. The van der Waals surface area contributed by atoms with Crippen molar-refractivity contribution in [2.45, 2.75) is 39.8 Å². The predicted molar refractivity (Wildman–Crippen MR) is 129 cm³/mol. The zero-order chi connectivity index (χ0) is 21.2. The smallest absolute Gasteiger partial charge is 0.230 e. The molecule has 160 valence electrons. The lowest BCUT2D eigenvalue weighted by Gasteiger charge is -2.29. The fourth-order valence-corrected chi connectivity index (χ4v) is 8.62. The van der Waals surface area contributed by atoms with E-state index in [4.69, 9.17) is 0 Å². The summed E-state index contributed by atoms with van der Waals surface area (Å²) >= 11 is 7.29. The highest BCUT2D eigenvalue weighted by Gasteiger charge is 2.55. The third-order valence-corrected chi connectivity index (χ3v) is 9.67. The van der Waals surface area contributed by atoms with Gasteiger partial charge < -0.3 is 10.2 Å². The standard InChI is InChI=1S/C23H23BrN4OS2/c24-20-17-12-18(21(20)28(14-17)13-16-9-5-2-6-10-16)30-23-27-26-22(31-23)25-19(29)11-15-7-3-1-4-8-15/h1-10,17-18,20-21H,11-14H2,(H,25,26,29)/p+1/t17-,18-,20+,21-/m0/s1. The number of rotatable bonds is 7. The second-order valence-corrected chi connectivity index (χ2v) is 11.8. The summed E-state index contributed by atoms with van der Waals surface area (Å²) in [5, 5.41) is 12.5. The number of fused-ring (bicyclic) bond motifs is 2. The summed E-state index contributed by atoms with van der Waals surface area (Å²) in [6.07, 6.45) is 1.55. The summed E-state index contributed by atoms with van der Waals surface area (Å²) in [5.74, 6) is 0.650. The summed E-state index contributed by atoms with van der Waals surface area (Å²) in [4.78, 5) is 14.5. The van der Waals surface area contributed by atoms with Gasteiger partial charge in [0.05, 0.1) is 23.0 Å². The molecular weight excluding hydrogens is 492 g/mol. The van der Waals surface area contributed by atoms with Crippen LogP contribution in [0.3, 0.4) is 0 Å². The number of anilines is 1. The quantitative estimate of drug-likeness (QED) is 0.373. The molecule has 1 amide bonds. The van der Waals surface area contributed by atoms with E-state index in [9.17, 15) is 4.79 Å². The molecule has 2 aliphatic rings. The van der Waals surface area contributed by atoms with Crippen LogP contribution in [0, 0.1) is 5.92 Å². The van der Waals surface area contributed by atoms with E-state index < -0.39 is 0 Å². The number of piperidine rings is 1. The van der Waals surface area contributed by atoms with Crippen molar-refractivity contribution in [2.24, 2.45) is 5.92 Å². The highest BCUT2D eigenvalue weighted by Crippen LogP contribution is 2.43. The van der Waals surface area contributed by atoms with Gasteiger partial charge in [-0.25, -0.2) is 0 Å². The molecule has 1 saturated heterocycles. The molecule has 2 N–H and O–H groups in total. The largest absolute Gasteiger partial charge is 0.327 e. The molecule has 1 aliphatic carbocycles. The molecule has 8 heteroatoms. The third-order valence-electron chi connectivity index (χ3n) is 6.11. The van der Waals surface area contributed by atoms with Gasteiger partial charge in [-0.05, 0) is 12.0 Å². The number of nitrogens with zero attached hydrogens (tertiary/aromatic N) is 2. The Labute approximate surface area is 198 Å². The molecule has 31 heavy (non-hydrogen) atoms. The van der Waals surface area contributed by atoms with E-state index in [1.54, 1.807) is 4.90 Å². The number of likely N-dealkylation sites (tertiary alicyclic amines) is 1. The van der Waals surface area contributed by atoms with Gasteiger partial charge in [0.25, 0.3) is 0 Å². The molecule has 0 spiro atoms. The fraction of sp³-hybridized carbons (Fsp3) is 0.348. The molecule has 2 aromatic carbocycles. The SMILES string of the molecule is O=C(Cc1ccccc1)Nc1nnc(S[C@H]2C[C@H]3C[NH+](Cc4ccccc4)[C@@H]2[C@@H]3Br)s1. The van der Waals surface area contributed by atoms with Crippen LogP contribution in [0.4, 0.5) is 5.13 Å². The third kappa shape index (κ3) is 4.87. The Bertz CT molecular complexity index is 1030. The van der Waals surface area contributed by atoms with E-state index in [0.29, 0.717) is 33.6 Å². The van der Waals surface area contributed by atoms with Crippen LogP contribution in [0.5, 0.6) is 0 Å². The molecule has 1 unspecified atom stereocenters. The lowest BCUT2D eigenvalue weighted by molar-refractivity contribution is -0.929. The van der Waals surface area contributed by atoms with Crippen molar-refractivity contribution < 1.29 is 9.69 Å². The number of thioether (sulfide) groups is 1. The van der Waals surface area contributed by atoms with Crippen molar-refractivity contribution in [1.82, 2.24) is 10.2 Å². The Morgan fingerprint density at radius 2 is 1.81 bits per heavy atom. The van der Waals surface area contributed by atoms with Crippen LogP contribution < -0.4 is 10.2 Å². The number of carbonyl (C=O) groups is 1. The Kier molecular flexibility index (Phi) is 6.41. The van der Waals surface area contributed by atoms with Crippen LogP contribution in [0.25, 0.3) is 0 Å². The molecule has 5 rings (SSSR count). The van der Waals surface area contributed by atoms with Gasteiger partial charge in [-0.1, -0.05) is 99.7 Å². The molecule has 1 saturated carbocycles. The molecular formula is C23H24BrN4OS2+. The molecule has 2 bridgehead atoms. The van der Waals surface area contributed by atoms with Gasteiger partial charge in [0.15, 0.2) is 4.34 Å². The van der Waals surface area contributed by atoms with Crippen molar-refractivity contribution in [3.8, 4) is 0 Å². The van der Waals surface area contributed by atoms with Gasteiger partial charge in [-0.2, -0.15) is 0 Å². The fourth-order valence-electron chi connectivity index (χ4n) is 4.78. The average Bonchev–Trinajstić information content (AvgIpc) is 3.42. The van der Waals surface area contributed by atoms with Crippen LogP contribution in [0.15, 0.2) is 65.0 Å². The number of halogens is 1. The number of nitrogens with one attached hydrogen (secondary N) is 2. The van der Waals surface area contributed by atoms with Crippen molar-refractivity contribution in [3.63, 3.8) is 0 Å². The topological polar surface area (TPSA) is 59.3 Å². The highest BCUT2D eigenvalue weighted by atomic mass is 79.9. The first-order valence-electron chi connectivity index (χ1n) is 10.5. The van der Waals surface area contributed by atoms with Crippen LogP contribution in [0.1, 0.15) is 17.5 Å². The zero-order valence-electron chi connectivity index (χ0n) is 16.9. The second-order valence-electron chi connectivity index (χ2n) is 8.23. The summed E-state index contributed by atoms with van der Waals surface area (Å²) in [6, 6.07) is 21.1. The van der Waals surface area contributed by atoms with Gasteiger partial charge >= 0.3 is 0 Å². The van der Waals surface area contributed by atoms with E-state index in [2.05, 4.69) is 61.8 Å². The van der Waals surface area contributed by atoms with Gasteiger partial charge in [0.1, 0.15) is 12.6 Å². The van der Waals surface area contributed by atoms with Gasteiger partial charge in [0.2, 0.25) is 11.0 Å². The molecule has 5 nitrogen and oxygen atoms in total. The first-order chi connectivity index (χ1) is 15.2. The number of amides is 1. The van der Waals surface area contributed by atoms with Crippen molar-refractivity contribution >= 4 is 50.1 Å². The molecule has 0 radical (unpaired) electrons. The number of quaternary nitrogens is 1. The minimum Gasteiger partial charge on any atom is -0.327 e. The first kappa shape index (κ1) is 21.1. The minimum atomic E-state index is -0.0576. The highest BCUT2D eigenvalue weighted by molar-refractivity contribution is 9.09. The Balaban J connectivity index is 1.19. The van der Waals surface area contributed by atoms with Gasteiger partial charge in [-0.15, -0.1) is 10.2 Å². The van der Waals surface area contributed by atoms with E-state index in [0.717, 1.165) is 16.4 Å². The van der Waals surface area contributed by atoms with Crippen LogP contribution in [0.2, 0.25) is 0 Å². The monoisotopic (exact) mass is 515 g/mol. The van der Waals surface area contributed by atoms with E-state index in [1.165, 1.54) is 29.9 Å². The number of benzene rings is 2. The molecule has 1 aromatic heterocycles. The summed E-state index contributed by atoms with van der Waals surface area (Å²) < 4.78 is 0.936. The van der Waals surface area contributed by atoms with E-state index in [1.807, 2.05) is 42.1 Å². The Morgan fingerprint density at radius 3 is 2.52 bits per heavy atom. The maximum Gasteiger partial charge on any atom is 0.230 e. The summed E-state index contributed by atoms with van der Waals surface area (Å²) in [6.45, 7) is 2.29. The average molecular weight is 517 g/mol. The number of hydrogen-bond donors (Lipinski definition) is 2. The minimum absolute atomic E-state index is 0.0576. The van der Waals surface area contributed by atoms with Gasteiger partial charge in [0, 0.05) is 11.5 Å². The number of alkyl halides is 1.